The molecular weight excluding hydrogens is 296 g/mol. The number of amides is 1. The monoisotopic (exact) mass is 316 g/mol. The summed E-state index contributed by atoms with van der Waals surface area (Å²) in [4.78, 5) is 23.2. The minimum atomic E-state index is -0.397. The summed E-state index contributed by atoms with van der Waals surface area (Å²) < 4.78 is 0. The Bertz CT molecular complexity index is 670. The Morgan fingerprint density at radius 2 is 2.32 bits per heavy atom. The Morgan fingerprint density at radius 3 is 3.05 bits per heavy atom. The molecular formula is C16H20N4OS. The minimum Gasteiger partial charge on any atom is -0.365 e. The van der Waals surface area contributed by atoms with Crippen molar-refractivity contribution in [1.82, 2.24) is 14.9 Å². The van der Waals surface area contributed by atoms with Gasteiger partial charge in [0.15, 0.2) is 0 Å². The fourth-order valence-corrected chi connectivity index (χ4v) is 3.85. The number of piperidine rings is 1. The molecule has 2 aromatic heterocycles. The van der Waals surface area contributed by atoms with Crippen LogP contribution in [-0.2, 0) is 6.54 Å². The van der Waals surface area contributed by atoms with Crippen molar-refractivity contribution in [3.8, 4) is 0 Å². The molecule has 2 N–H and O–H groups in total. The highest BCUT2D eigenvalue weighted by Crippen LogP contribution is 2.34. The van der Waals surface area contributed by atoms with Crippen LogP contribution in [0.1, 0.15) is 51.4 Å². The fraction of sp³-hybridized carbons (Fsp3) is 0.438. The number of carbonyl (C=O) groups is 1. The molecule has 1 aliphatic heterocycles. The third-order valence-electron chi connectivity index (χ3n) is 3.98. The van der Waals surface area contributed by atoms with Gasteiger partial charge in [-0.3, -0.25) is 14.7 Å². The van der Waals surface area contributed by atoms with Gasteiger partial charge in [-0.05, 0) is 38.4 Å². The summed E-state index contributed by atoms with van der Waals surface area (Å²) in [7, 11) is 0. The van der Waals surface area contributed by atoms with E-state index in [1.165, 1.54) is 24.2 Å². The molecule has 1 saturated heterocycles. The lowest BCUT2D eigenvalue weighted by molar-refractivity contribution is 0.100. The van der Waals surface area contributed by atoms with E-state index in [-0.39, 0.29) is 6.04 Å². The Morgan fingerprint density at radius 1 is 1.45 bits per heavy atom. The highest BCUT2D eigenvalue weighted by atomic mass is 32.1. The number of hydrogen-bond donors (Lipinski definition) is 1. The number of hydrogen-bond acceptors (Lipinski definition) is 5. The summed E-state index contributed by atoms with van der Waals surface area (Å²) in [6.07, 6.45) is 5.04. The minimum absolute atomic E-state index is 0.258. The molecule has 1 fully saturated rings. The Labute approximate surface area is 134 Å². The van der Waals surface area contributed by atoms with Gasteiger partial charge in [-0.15, -0.1) is 11.3 Å². The van der Waals surface area contributed by atoms with Crippen LogP contribution in [0.2, 0.25) is 0 Å². The molecule has 1 atom stereocenters. The largest absolute Gasteiger partial charge is 0.365 e. The van der Waals surface area contributed by atoms with Crippen molar-refractivity contribution in [1.29, 1.82) is 0 Å². The molecule has 1 amide bonds. The van der Waals surface area contributed by atoms with E-state index < -0.39 is 5.91 Å². The first-order valence-electron chi connectivity index (χ1n) is 7.55. The van der Waals surface area contributed by atoms with E-state index in [4.69, 9.17) is 5.73 Å². The van der Waals surface area contributed by atoms with Crippen LogP contribution in [0, 0.1) is 6.92 Å². The van der Waals surface area contributed by atoms with Gasteiger partial charge in [0, 0.05) is 12.2 Å². The van der Waals surface area contributed by atoms with Gasteiger partial charge in [-0.1, -0.05) is 12.5 Å². The molecule has 0 unspecified atom stereocenters. The average Bonchev–Trinajstić information content (AvgIpc) is 2.98. The predicted octanol–water partition coefficient (Wildman–Crippen LogP) is 2.67. The van der Waals surface area contributed by atoms with E-state index in [1.807, 2.05) is 19.1 Å². The summed E-state index contributed by atoms with van der Waals surface area (Å²) >= 11 is 1.42. The van der Waals surface area contributed by atoms with Crippen LogP contribution in [0.15, 0.2) is 24.4 Å². The predicted molar refractivity (Wildman–Crippen MR) is 86.6 cm³/mol. The summed E-state index contributed by atoms with van der Waals surface area (Å²) in [6.45, 7) is 3.86. The lowest BCUT2D eigenvalue weighted by atomic mass is 10.0. The van der Waals surface area contributed by atoms with Gasteiger partial charge in [0.05, 0.1) is 17.9 Å². The van der Waals surface area contributed by atoms with Gasteiger partial charge < -0.3 is 5.73 Å². The maximum atomic E-state index is 11.3. The topological polar surface area (TPSA) is 72.1 Å². The number of nitrogens with two attached hydrogens (primary N) is 1. The van der Waals surface area contributed by atoms with Crippen molar-refractivity contribution in [3.05, 3.63) is 45.7 Å². The normalized spacial score (nSPS) is 19.2. The molecule has 116 valence electrons. The van der Waals surface area contributed by atoms with Gasteiger partial charge in [-0.2, -0.15) is 0 Å². The first kappa shape index (κ1) is 15.1. The van der Waals surface area contributed by atoms with Crippen molar-refractivity contribution in [2.24, 2.45) is 5.73 Å². The summed E-state index contributed by atoms with van der Waals surface area (Å²) in [6, 6.07) is 6.38. The molecule has 6 heteroatoms. The van der Waals surface area contributed by atoms with E-state index in [0.717, 1.165) is 35.9 Å². The number of pyridine rings is 1. The molecule has 5 nitrogen and oxygen atoms in total. The quantitative estimate of drug-likeness (QED) is 0.941. The van der Waals surface area contributed by atoms with Crippen molar-refractivity contribution < 1.29 is 4.79 Å². The Kier molecular flexibility index (Phi) is 4.49. The highest BCUT2D eigenvalue weighted by molar-refractivity contribution is 7.13. The zero-order valence-corrected chi connectivity index (χ0v) is 13.5. The third-order valence-corrected chi connectivity index (χ3v) is 5.09. The van der Waals surface area contributed by atoms with E-state index in [1.54, 1.807) is 6.20 Å². The molecule has 0 saturated carbocycles. The number of thiazole rings is 1. The third kappa shape index (κ3) is 3.34. The van der Waals surface area contributed by atoms with E-state index >= 15 is 0 Å². The summed E-state index contributed by atoms with van der Waals surface area (Å²) in [5.41, 5.74) is 7.46. The second-order valence-corrected chi connectivity index (χ2v) is 6.74. The van der Waals surface area contributed by atoms with Crippen molar-refractivity contribution in [2.45, 2.75) is 38.8 Å². The van der Waals surface area contributed by atoms with Crippen LogP contribution in [-0.4, -0.2) is 27.3 Å². The van der Waals surface area contributed by atoms with Crippen LogP contribution in [0.3, 0.4) is 0 Å². The van der Waals surface area contributed by atoms with Crippen LogP contribution in [0.25, 0.3) is 0 Å². The SMILES string of the molecule is Cc1cccc(CN2CCCC[C@@H]2c2ncc(C(N)=O)s2)n1. The zero-order valence-electron chi connectivity index (χ0n) is 12.7. The van der Waals surface area contributed by atoms with Crippen LogP contribution in [0.5, 0.6) is 0 Å². The van der Waals surface area contributed by atoms with E-state index in [2.05, 4.69) is 20.9 Å². The standard InChI is InChI=1S/C16H20N4OS/c1-11-5-4-6-12(19-11)10-20-8-3-2-7-13(20)16-18-9-14(22-16)15(17)21/h4-6,9,13H,2-3,7-8,10H2,1H3,(H2,17,21)/t13-/m1/s1. The van der Waals surface area contributed by atoms with E-state index in [9.17, 15) is 4.79 Å². The molecule has 0 aliphatic carbocycles. The highest BCUT2D eigenvalue weighted by Gasteiger charge is 2.27. The average molecular weight is 316 g/mol. The van der Waals surface area contributed by atoms with Crippen molar-refractivity contribution >= 4 is 17.2 Å². The summed E-state index contributed by atoms with van der Waals surface area (Å²) in [5.74, 6) is -0.397. The van der Waals surface area contributed by atoms with Gasteiger partial charge in [0.25, 0.3) is 5.91 Å². The molecule has 0 radical (unpaired) electrons. The van der Waals surface area contributed by atoms with Gasteiger partial charge in [0.2, 0.25) is 0 Å². The molecule has 0 spiro atoms. The first-order chi connectivity index (χ1) is 10.6. The molecule has 22 heavy (non-hydrogen) atoms. The van der Waals surface area contributed by atoms with Gasteiger partial charge in [-0.25, -0.2) is 4.98 Å². The fourth-order valence-electron chi connectivity index (χ4n) is 2.91. The molecule has 2 aromatic rings. The first-order valence-corrected chi connectivity index (χ1v) is 8.37. The number of primary amides is 1. The van der Waals surface area contributed by atoms with Gasteiger partial charge in [0.1, 0.15) is 9.88 Å². The molecule has 1 aliphatic rings. The zero-order chi connectivity index (χ0) is 15.5. The lowest BCUT2D eigenvalue weighted by Crippen LogP contribution is -2.33. The number of carbonyl (C=O) groups excluding carboxylic acids is 1. The number of aryl methyl sites for hydroxylation is 1. The maximum Gasteiger partial charge on any atom is 0.260 e. The van der Waals surface area contributed by atoms with Gasteiger partial charge >= 0.3 is 0 Å². The molecule has 0 bridgehead atoms. The second-order valence-electron chi connectivity index (χ2n) is 5.68. The Balaban J connectivity index is 1.79. The molecule has 3 rings (SSSR count). The molecule has 0 aromatic carbocycles. The lowest BCUT2D eigenvalue weighted by Gasteiger charge is -2.34. The second kappa shape index (κ2) is 6.54. The van der Waals surface area contributed by atoms with E-state index in [0.29, 0.717) is 4.88 Å². The Hall–Kier alpha value is -1.79. The number of rotatable bonds is 4. The number of nitrogens with zero attached hydrogens (tertiary/aromatic N) is 3. The summed E-state index contributed by atoms with van der Waals surface area (Å²) in [5, 5.41) is 0.987. The smallest absolute Gasteiger partial charge is 0.260 e. The number of aromatic nitrogens is 2. The van der Waals surface area contributed by atoms with Crippen LogP contribution >= 0.6 is 11.3 Å². The van der Waals surface area contributed by atoms with Crippen molar-refractivity contribution in [3.63, 3.8) is 0 Å². The van der Waals surface area contributed by atoms with Crippen molar-refractivity contribution in [2.75, 3.05) is 6.54 Å². The van der Waals surface area contributed by atoms with Crippen LogP contribution in [0.4, 0.5) is 0 Å². The van der Waals surface area contributed by atoms with Crippen LogP contribution < -0.4 is 5.73 Å². The number of likely N-dealkylation sites (tertiary alicyclic amines) is 1. The maximum absolute atomic E-state index is 11.3. The molecule has 3 heterocycles.